The number of hydrogen-bond acceptors (Lipinski definition) is 6. The maximum absolute atomic E-state index is 12.5. The monoisotopic (exact) mass is 589 g/mol. The lowest BCUT2D eigenvalue weighted by Crippen LogP contribution is -2.42. The van der Waals surface area contributed by atoms with Gasteiger partial charge < -0.3 is 19.9 Å². The molecule has 0 heterocycles. The second-order valence-electron chi connectivity index (χ2n) is 12.2. The van der Waals surface area contributed by atoms with Crippen LogP contribution in [0.4, 0.5) is 0 Å². The van der Waals surface area contributed by atoms with E-state index in [0.717, 1.165) is 44.1 Å². The van der Waals surface area contributed by atoms with Gasteiger partial charge in [-0.25, -0.2) is 4.79 Å². The molecule has 238 valence electrons. The van der Waals surface area contributed by atoms with Crippen LogP contribution in [-0.2, 0) is 35.3 Å². The summed E-state index contributed by atoms with van der Waals surface area (Å²) in [5, 5.41) is 11.7. The average Bonchev–Trinajstić information content (AvgIpc) is 2.93. The van der Waals surface area contributed by atoms with Crippen LogP contribution in [0.1, 0.15) is 142 Å². The van der Waals surface area contributed by atoms with E-state index in [1.807, 2.05) is 51.1 Å². The van der Waals surface area contributed by atoms with Gasteiger partial charge in [0.1, 0.15) is 18.2 Å². The molecule has 0 spiro atoms. The molecule has 0 fully saturated rings. The number of rotatable bonds is 24. The number of esters is 2. The quantitative estimate of drug-likeness (QED) is 0.0938. The number of benzene rings is 1. The SMILES string of the molecule is CC(C)(C)OC(=O)CCCCCCCCCCCCCCCCC(=O)NC(CCC(=O)O)C(=O)OCc1ccccc1. The molecule has 1 aromatic carbocycles. The summed E-state index contributed by atoms with van der Waals surface area (Å²) in [6.07, 6.45) is 16.5. The molecule has 0 bridgehead atoms. The molecule has 0 radical (unpaired) electrons. The van der Waals surface area contributed by atoms with Crippen molar-refractivity contribution in [3.63, 3.8) is 0 Å². The summed E-state index contributed by atoms with van der Waals surface area (Å²) >= 11 is 0. The van der Waals surface area contributed by atoms with Gasteiger partial charge in [0.05, 0.1) is 0 Å². The maximum Gasteiger partial charge on any atom is 0.328 e. The summed E-state index contributed by atoms with van der Waals surface area (Å²) in [5.41, 5.74) is 0.435. The Morgan fingerprint density at radius 1 is 0.714 bits per heavy atom. The van der Waals surface area contributed by atoms with Gasteiger partial charge in [0.15, 0.2) is 0 Å². The van der Waals surface area contributed by atoms with Gasteiger partial charge in [0.25, 0.3) is 0 Å². The minimum atomic E-state index is -1.02. The number of nitrogens with one attached hydrogen (secondary N) is 1. The van der Waals surface area contributed by atoms with Crippen molar-refractivity contribution in [2.75, 3.05) is 0 Å². The fourth-order valence-corrected chi connectivity index (χ4v) is 4.68. The molecule has 1 atom stereocenters. The summed E-state index contributed by atoms with van der Waals surface area (Å²) < 4.78 is 10.6. The largest absolute Gasteiger partial charge is 0.481 e. The first kappa shape index (κ1) is 37.1. The molecule has 0 aromatic heterocycles. The molecule has 2 N–H and O–H groups in total. The van der Waals surface area contributed by atoms with E-state index in [-0.39, 0.29) is 31.3 Å². The Kier molecular flexibility index (Phi) is 20.0. The van der Waals surface area contributed by atoms with Crippen LogP contribution < -0.4 is 5.32 Å². The Labute approximate surface area is 253 Å². The fraction of sp³-hybridized carbons (Fsp3) is 0.706. The summed E-state index contributed by atoms with van der Waals surface area (Å²) in [6.45, 7) is 5.78. The first-order valence-electron chi connectivity index (χ1n) is 16.0. The Balaban J connectivity index is 2.02. The van der Waals surface area contributed by atoms with Crippen LogP contribution in [0.2, 0.25) is 0 Å². The molecule has 1 aromatic rings. The second-order valence-corrected chi connectivity index (χ2v) is 12.2. The molecule has 0 saturated carbocycles. The van der Waals surface area contributed by atoms with Gasteiger partial charge in [0, 0.05) is 19.3 Å². The van der Waals surface area contributed by atoms with Gasteiger partial charge in [-0.1, -0.05) is 107 Å². The number of amides is 1. The maximum atomic E-state index is 12.5. The van der Waals surface area contributed by atoms with E-state index in [2.05, 4.69) is 5.32 Å². The molecular weight excluding hydrogens is 534 g/mol. The van der Waals surface area contributed by atoms with E-state index < -0.39 is 23.6 Å². The zero-order valence-electron chi connectivity index (χ0n) is 26.3. The molecule has 1 unspecified atom stereocenters. The van der Waals surface area contributed by atoms with Gasteiger partial charge in [-0.15, -0.1) is 0 Å². The summed E-state index contributed by atoms with van der Waals surface area (Å²) in [6, 6.07) is 8.27. The highest BCUT2D eigenvalue weighted by Crippen LogP contribution is 2.15. The first-order chi connectivity index (χ1) is 20.1. The van der Waals surface area contributed by atoms with Crippen molar-refractivity contribution >= 4 is 23.8 Å². The second kappa shape index (κ2) is 22.7. The van der Waals surface area contributed by atoms with Crippen molar-refractivity contribution in [3.05, 3.63) is 35.9 Å². The Hall–Kier alpha value is -2.90. The number of ether oxygens (including phenoxy) is 2. The molecule has 1 rings (SSSR count). The number of carbonyl (C=O) groups is 4. The number of aliphatic carboxylic acids is 1. The van der Waals surface area contributed by atoms with Gasteiger partial charge in [-0.05, 0) is 45.6 Å². The summed E-state index contributed by atoms with van der Waals surface area (Å²) in [4.78, 5) is 47.6. The highest BCUT2D eigenvalue weighted by Gasteiger charge is 2.23. The fourth-order valence-electron chi connectivity index (χ4n) is 4.68. The molecule has 8 heteroatoms. The standard InChI is InChI=1S/C34H55NO7/c1-34(2,3)42-32(39)24-20-15-13-11-9-7-5-4-6-8-10-12-14-19-23-30(36)35-29(25-26-31(37)38)33(40)41-27-28-21-17-16-18-22-28/h16-18,21-22,29H,4-15,19-20,23-27H2,1-3H3,(H,35,36)(H,37,38). The minimum Gasteiger partial charge on any atom is -0.481 e. The van der Waals surface area contributed by atoms with Crippen LogP contribution in [0, 0.1) is 0 Å². The van der Waals surface area contributed by atoms with Gasteiger partial charge >= 0.3 is 17.9 Å². The van der Waals surface area contributed by atoms with Crippen molar-refractivity contribution < 1.29 is 33.8 Å². The lowest BCUT2D eigenvalue weighted by atomic mass is 10.0. The van der Waals surface area contributed by atoms with Crippen molar-refractivity contribution in [2.24, 2.45) is 0 Å². The predicted octanol–water partition coefficient (Wildman–Crippen LogP) is 7.66. The van der Waals surface area contributed by atoms with Crippen LogP contribution in [-0.4, -0.2) is 40.6 Å². The molecule has 0 aliphatic carbocycles. The third kappa shape index (κ3) is 21.8. The minimum absolute atomic E-state index is 0.00451. The third-order valence-corrected chi connectivity index (χ3v) is 6.95. The average molecular weight is 590 g/mol. The Bertz CT molecular complexity index is 895. The molecule has 0 aliphatic heterocycles. The Morgan fingerprint density at radius 3 is 1.67 bits per heavy atom. The number of carbonyl (C=O) groups excluding carboxylic acids is 3. The van der Waals surface area contributed by atoms with Crippen LogP contribution in [0.15, 0.2) is 30.3 Å². The van der Waals surface area contributed by atoms with E-state index in [4.69, 9.17) is 14.6 Å². The van der Waals surface area contributed by atoms with Gasteiger partial charge in [-0.3, -0.25) is 14.4 Å². The molecule has 1 amide bonds. The normalized spacial score (nSPS) is 12.0. The van der Waals surface area contributed by atoms with Gasteiger partial charge in [-0.2, -0.15) is 0 Å². The van der Waals surface area contributed by atoms with E-state index in [0.29, 0.717) is 12.8 Å². The summed E-state index contributed by atoms with van der Waals surface area (Å²) in [7, 11) is 0. The zero-order chi connectivity index (χ0) is 31.1. The molecule has 42 heavy (non-hydrogen) atoms. The van der Waals surface area contributed by atoms with Crippen molar-refractivity contribution in [1.29, 1.82) is 0 Å². The third-order valence-electron chi connectivity index (χ3n) is 6.95. The number of carboxylic acids is 1. The van der Waals surface area contributed by atoms with E-state index >= 15 is 0 Å². The number of hydrogen-bond donors (Lipinski definition) is 2. The topological polar surface area (TPSA) is 119 Å². The van der Waals surface area contributed by atoms with Crippen LogP contribution >= 0.6 is 0 Å². The molecule has 0 aliphatic rings. The lowest BCUT2D eigenvalue weighted by molar-refractivity contribution is -0.155. The van der Waals surface area contributed by atoms with E-state index in [1.165, 1.54) is 51.4 Å². The van der Waals surface area contributed by atoms with E-state index in [9.17, 15) is 19.2 Å². The smallest absolute Gasteiger partial charge is 0.328 e. The lowest BCUT2D eigenvalue weighted by Gasteiger charge is -2.19. The highest BCUT2D eigenvalue weighted by atomic mass is 16.6. The van der Waals surface area contributed by atoms with Crippen molar-refractivity contribution in [2.45, 2.75) is 155 Å². The van der Waals surface area contributed by atoms with Crippen LogP contribution in [0.3, 0.4) is 0 Å². The molecule has 0 saturated heterocycles. The number of unbranched alkanes of at least 4 members (excludes halogenated alkanes) is 13. The highest BCUT2D eigenvalue weighted by molar-refractivity contribution is 5.84. The van der Waals surface area contributed by atoms with Crippen molar-refractivity contribution in [3.8, 4) is 0 Å². The molecular formula is C34H55NO7. The van der Waals surface area contributed by atoms with E-state index in [1.54, 1.807) is 0 Å². The van der Waals surface area contributed by atoms with Gasteiger partial charge in [0.2, 0.25) is 5.91 Å². The predicted molar refractivity (Wildman–Crippen MR) is 165 cm³/mol. The zero-order valence-corrected chi connectivity index (χ0v) is 26.3. The number of carboxylic acid groups (broad SMARTS) is 1. The molecule has 8 nitrogen and oxygen atoms in total. The Morgan fingerprint density at radius 2 is 1.19 bits per heavy atom. The first-order valence-corrected chi connectivity index (χ1v) is 16.0. The summed E-state index contributed by atoms with van der Waals surface area (Å²) in [5.74, 6) is -1.97. The van der Waals surface area contributed by atoms with Crippen LogP contribution in [0.5, 0.6) is 0 Å². The van der Waals surface area contributed by atoms with Crippen LogP contribution in [0.25, 0.3) is 0 Å². The van der Waals surface area contributed by atoms with Crippen molar-refractivity contribution in [1.82, 2.24) is 5.32 Å².